The predicted octanol–water partition coefficient (Wildman–Crippen LogP) is 8.39. The molecule has 0 amide bonds. The van der Waals surface area contributed by atoms with Gasteiger partial charge in [-0.3, -0.25) is 14.4 Å². The number of halogens is 6. The van der Waals surface area contributed by atoms with Crippen molar-refractivity contribution in [2.24, 2.45) is 21.1 Å². The van der Waals surface area contributed by atoms with Gasteiger partial charge >= 0.3 is 0 Å². The smallest absolute Gasteiger partial charge is 0.250 e. The molecule has 0 aliphatic rings. The fourth-order valence-electron chi connectivity index (χ4n) is 5.90. The molecule has 0 fully saturated rings. The van der Waals surface area contributed by atoms with Crippen molar-refractivity contribution in [3.05, 3.63) is 151 Å². The Kier molecular flexibility index (Phi) is 18.1. The van der Waals surface area contributed by atoms with Crippen LogP contribution in [0.15, 0.2) is 99.8 Å². The maximum atomic E-state index is 13.8. The van der Waals surface area contributed by atoms with E-state index in [0.717, 1.165) is 22.4 Å². The molecule has 0 atom stereocenters. The molecule has 0 radical (unpaired) electrons. The average molecular weight is 1080 g/mol. The first-order chi connectivity index (χ1) is 25.7. The van der Waals surface area contributed by atoms with Gasteiger partial charge in [0.2, 0.25) is 0 Å². The number of aromatic nitrogens is 3. The molecule has 0 saturated carbocycles. The van der Waals surface area contributed by atoms with Crippen LogP contribution in [-0.2, 0) is 45.2 Å². The topological polar surface area (TPSA) is 103 Å². The van der Waals surface area contributed by atoms with Gasteiger partial charge < -0.3 is 23.6 Å². The van der Waals surface area contributed by atoms with Crippen molar-refractivity contribution in [2.45, 2.75) is 32.0 Å². The molecule has 54 heavy (non-hydrogen) atoms. The number of pyridine rings is 3. The summed E-state index contributed by atoms with van der Waals surface area (Å²) in [5, 5.41) is 11.3. The molecule has 0 aliphatic carbocycles. The Morgan fingerprint density at radius 1 is 0.630 bits per heavy atom. The molecule has 3 heterocycles. The van der Waals surface area contributed by atoms with E-state index in [1.54, 1.807) is 63.6 Å². The molecule has 1 N–H and O–H groups in total. The molecular weight excluding hydrogens is 1040 g/mol. The Hall–Kier alpha value is -3.36. The van der Waals surface area contributed by atoms with E-state index < -0.39 is 0 Å². The number of alkyl halides is 3. The SMILES string of the molecule is C=CCc1c(F)ccc2ccc(=O)n(C)c12.Cn1c(=O)ccc2ccc(F)c(CCC=O)c21.Cn1c(=O)ccc2ccc(F)c(CCCO)c21.IC(I)I. The quantitative estimate of drug-likeness (QED) is 0.0715. The van der Waals surface area contributed by atoms with E-state index in [0.29, 0.717) is 58.9 Å². The molecule has 0 aliphatic heterocycles. The number of aryl methyl sites for hydroxylation is 5. The highest BCUT2D eigenvalue weighted by atomic mass is 127. The van der Waals surface area contributed by atoms with E-state index in [2.05, 4.69) is 74.4 Å². The highest BCUT2D eigenvalue weighted by molar-refractivity contribution is 14.3. The molecule has 3 aromatic heterocycles. The van der Waals surface area contributed by atoms with E-state index in [9.17, 15) is 32.3 Å². The molecule has 6 rings (SSSR count). The van der Waals surface area contributed by atoms with Gasteiger partial charge in [0.15, 0.2) is 0 Å². The van der Waals surface area contributed by atoms with Crippen LogP contribution < -0.4 is 16.7 Å². The molecule has 0 saturated heterocycles. The minimum absolute atomic E-state index is 0.0105. The van der Waals surface area contributed by atoms with Crippen LogP contribution >= 0.6 is 67.8 Å². The first kappa shape index (κ1) is 45.0. The van der Waals surface area contributed by atoms with Gasteiger partial charge in [-0.05, 0) is 96.4 Å². The average Bonchev–Trinajstić information content (AvgIpc) is 3.14. The number of aliphatic hydroxyl groups is 1. The summed E-state index contributed by atoms with van der Waals surface area (Å²) in [5.41, 5.74) is 2.80. The van der Waals surface area contributed by atoms with Gasteiger partial charge in [-0.1, -0.05) is 73.8 Å². The number of allylic oxidation sites excluding steroid dienone is 1. The Bertz CT molecular complexity index is 2440. The lowest BCUT2D eigenvalue weighted by atomic mass is 10.0. The lowest BCUT2D eigenvalue weighted by Crippen LogP contribution is -2.17. The van der Waals surface area contributed by atoms with Crippen LogP contribution in [0.3, 0.4) is 0 Å². The second-order valence-electron chi connectivity index (χ2n) is 11.9. The number of aldehydes is 1. The Balaban J connectivity index is 0.000000207. The summed E-state index contributed by atoms with van der Waals surface area (Å²) in [4.78, 5) is 45.0. The second-order valence-corrected chi connectivity index (χ2v) is 22.7. The molecule has 0 unspecified atom stereocenters. The predicted molar refractivity (Wildman–Crippen MR) is 237 cm³/mol. The molecule has 14 heteroatoms. The van der Waals surface area contributed by atoms with Gasteiger partial charge in [0, 0.05) is 69.1 Å². The van der Waals surface area contributed by atoms with Gasteiger partial charge in [0.05, 0.1) is 16.6 Å². The third kappa shape index (κ3) is 11.6. The summed E-state index contributed by atoms with van der Waals surface area (Å²) in [6.45, 7) is 3.61. The van der Waals surface area contributed by atoms with Crippen molar-refractivity contribution in [3.8, 4) is 0 Å². The first-order valence-electron chi connectivity index (χ1n) is 16.6. The van der Waals surface area contributed by atoms with Crippen LogP contribution in [0.5, 0.6) is 0 Å². The maximum absolute atomic E-state index is 13.8. The number of nitrogens with zero attached hydrogens (tertiary/aromatic N) is 3. The minimum atomic E-state index is -0.374. The maximum Gasteiger partial charge on any atom is 0.250 e. The fraction of sp³-hybridized carbons (Fsp3) is 0.250. The van der Waals surface area contributed by atoms with Crippen LogP contribution in [0.2, 0.25) is 0 Å². The van der Waals surface area contributed by atoms with Crippen LogP contribution in [0, 0.1) is 17.5 Å². The zero-order valence-corrected chi connectivity index (χ0v) is 36.3. The van der Waals surface area contributed by atoms with Crippen molar-refractivity contribution in [1.82, 2.24) is 13.7 Å². The molecule has 6 aromatic rings. The number of hydrogen-bond acceptors (Lipinski definition) is 5. The summed E-state index contributed by atoms with van der Waals surface area (Å²) in [7, 11) is 4.89. The number of benzene rings is 3. The monoisotopic (exact) mass is 1080 g/mol. The van der Waals surface area contributed by atoms with Crippen molar-refractivity contribution < 1.29 is 23.1 Å². The third-order valence-corrected chi connectivity index (χ3v) is 8.43. The van der Waals surface area contributed by atoms with Gasteiger partial charge in [-0.15, -0.1) is 6.58 Å². The first-order valence-corrected chi connectivity index (χ1v) is 20.3. The molecule has 8 nitrogen and oxygen atoms in total. The standard InChI is InChI=1S/C13H14FNO2.C13H12FNO2.C13H12FNO.CHI3/c2*1-15-12(17)7-5-9-4-6-11(14)10(13(9)15)3-2-8-16;1-3-4-10-11(14)7-5-9-6-8-12(16)15(2)13(9)10;2-1(3)4/h4-7,16H,2-3,8H2,1H3;4-8H,2-3H2,1H3;3,5-8H,1,4H2,2H3;1H. The number of hydrogen-bond donors (Lipinski definition) is 1. The van der Waals surface area contributed by atoms with Crippen molar-refractivity contribution >= 4 is 107 Å². The van der Waals surface area contributed by atoms with Crippen molar-refractivity contribution in [3.63, 3.8) is 0 Å². The number of carbonyl (C=O) groups is 1. The summed E-state index contributed by atoms with van der Waals surface area (Å²) in [6.07, 6.45) is 4.27. The lowest BCUT2D eigenvalue weighted by Gasteiger charge is -2.11. The largest absolute Gasteiger partial charge is 0.396 e. The summed E-state index contributed by atoms with van der Waals surface area (Å²) in [6, 6.07) is 18.6. The van der Waals surface area contributed by atoms with Crippen molar-refractivity contribution in [2.75, 3.05) is 6.61 Å². The highest BCUT2D eigenvalue weighted by Gasteiger charge is 2.12. The minimum Gasteiger partial charge on any atom is -0.396 e. The van der Waals surface area contributed by atoms with E-state index in [1.807, 2.05) is 0 Å². The van der Waals surface area contributed by atoms with Gasteiger partial charge in [0.1, 0.15) is 23.7 Å². The van der Waals surface area contributed by atoms with Crippen LogP contribution in [0.4, 0.5) is 13.2 Å². The Morgan fingerprint density at radius 3 is 1.31 bits per heavy atom. The molecule has 0 bridgehead atoms. The van der Waals surface area contributed by atoms with Gasteiger partial charge in [-0.2, -0.15) is 0 Å². The summed E-state index contributed by atoms with van der Waals surface area (Å²) in [5.74, 6) is -0.999. The van der Waals surface area contributed by atoms with Crippen LogP contribution in [-0.4, -0.2) is 31.6 Å². The number of carbonyl (C=O) groups excluding carboxylic acids is 1. The van der Waals surface area contributed by atoms with Gasteiger partial charge in [-0.25, -0.2) is 13.2 Å². The zero-order valence-electron chi connectivity index (χ0n) is 29.8. The normalized spacial score (nSPS) is 10.6. The number of fused-ring (bicyclic) bond motifs is 3. The Morgan fingerprint density at radius 2 is 0.963 bits per heavy atom. The zero-order chi connectivity index (χ0) is 40.1. The van der Waals surface area contributed by atoms with E-state index in [1.165, 1.54) is 50.1 Å². The van der Waals surface area contributed by atoms with E-state index in [-0.39, 0.29) is 47.2 Å². The van der Waals surface area contributed by atoms with E-state index in [4.69, 9.17) is 5.11 Å². The molecule has 3 aromatic carbocycles. The number of rotatable bonds is 8. The third-order valence-electron chi connectivity index (χ3n) is 8.43. The second kappa shape index (κ2) is 21.7. The lowest BCUT2D eigenvalue weighted by molar-refractivity contribution is -0.107. The van der Waals surface area contributed by atoms with E-state index >= 15 is 0 Å². The Labute approximate surface area is 351 Å². The summed E-state index contributed by atoms with van der Waals surface area (Å²) >= 11 is 6.95. The number of aliphatic hydroxyl groups excluding tert-OH is 1. The van der Waals surface area contributed by atoms with Gasteiger partial charge in [0.25, 0.3) is 16.7 Å². The van der Waals surface area contributed by atoms with Crippen LogP contribution in [0.25, 0.3) is 32.7 Å². The van der Waals surface area contributed by atoms with Crippen LogP contribution in [0.1, 0.15) is 29.5 Å². The summed E-state index contributed by atoms with van der Waals surface area (Å²) < 4.78 is 46.2. The molecular formula is C40H39F3I3N3O5. The molecule has 0 spiro atoms. The fourth-order valence-corrected chi connectivity index (χ4v) is 5.90. The highest BCUT2D eigenvalue weighted by Crippen LogP contribution is 2.23. The molecule has 286 valence electrons. The van der Waals surface area contributed by atoms with Crippen molar-refractivity contribution in [1.29, 1.82) is 0 Å².